The predicted molar refractivity (Wildman–Crippen MR) is 153 cm³/mol. The summed E-state index contributed by atoms with van der Waals surface area (Å²) in [5, 5.41) is 14.8. The third-order valence-corrected chi connectivity index (χ3v) is 6.60. The van der Waals surface area contributed by atoms with Crippen LogP contribution >= 0.6 is 0 Å². The van der Waals surface area contributed by atoms with Crippen molar-refractivity contribution in [1.29, 1.82) is 0 Å². The second-order valence-electron chi connectivity index (χ2n) is 11.2. The lowest BCUT2D eigenvalue weighted by molar-refractivity contribution is 0.102. The second-order valence-corrected chi connectivity index (χ2v) is 11.2. The highest BCUT2D eigenvalue weighted by Gasteiger charge is 2.23. The van der Waals surface area contributed by atoms with Crippen LogP contribution in [-0.4, -0.2) is 11.0 Å². The molecule has 4 aromatic rings. The van der Waals surface area contributed by atoms with Gasteiger partial charge in [0.05, 0.1) is 11.3 Å². The van der Waals surface area contributed by atoms with Crippen molar-refractivity contribution in [3.05, 3.63) is 90.0 Å². The number of nitrogen functional groups attached to an aromatic ring is 1. The van der Waals surface area contributed by atoms with E-state index >= 15 is 0 Å². The van der Waals surface area contributed by atoms with Crippen LogP contribution in [0.4, 0.5) is 11.4 Å². The molecule has 0 aliphatic carbocycles. The number of benzene rings is 4. The molecular formula is C32H36N2O3. The van der Waals surface area contributed by atoms with Crippen molar-refractivity contribution in [1.82, 2.24) is 0 Å². The molecule has 1 atom stereocenters. The monoisotopic (exact) mass is 496 g/mol. The van der Waals surface area contributed by atoms with E-state index in [0.29, 0.717) is 28.7 Å². The van der Waals surface area contributed by atoms with Crippen molar-refractivity contribution in [2.45, 2.75) is 47.0 Å². The molecule has 4 N–H and O–H groups in total. The Balaban J connectivity index is 1.43. The molecule has 1 amide bonds. The van der Waals surface area contributed by atoms with Gasteiger partial charge in [-0.05, 0) is 77.1 Å². The zero-order valence-corrected chi connectivity index (χ0v) is 22.2. The molecule has 4 aromatic carbocycles. The van der Waals surface area contributed by atoms with Crippen LogP contribution in [0.15, 0.2) is 78.9 Å². The number of ether oxygens (including phenoxy) is 1. The number of amides is 1. The first kappa shape index (κ1) is 26.1. The highest BCUT2D eigenvalue weighted by atomic mass is 16.5. The molecule has 0 aliphatic rings. The van der Waals surface area contributed by atoms with Crippen molar-refractivity contribution in [3.8, 4) is 17.2 Å². The Morgan fingerprint density at radius 2 is 1.54 bits per heavy atom. The van der Waals surface area contributed by atoms with Crippen LogP contribution in [-0.2, 0) is 0 Å². The van der Waals surface area contributed by atoms with Gasteiger partial charge in [0.2, 0.25) is 0 Å². The van der Waals surface area contributed by atoms with Gasteiger partial charge in [0.1, 0.15) is 11.5 Å². The van der Waals surface area contributed by atoms with Gasteiger partial charge in [-0.2, -0.15) is 0 Å². The molecule has 192 valence electrons. The summed E-state index contributed by atoms with van der Waals surface area (Å²) in [5.74, 6) is 1.82. The molecule has 5 heteroatoms. The molecule has 0 radical (unpaired) electrons. The van der Waals surface area contributed by atoms with Gasteiger partial charge in [0.15, 0.2) is 5.75 Å². The number of carbonyl (C=O) groups is 1. The average Bonchev–Trinajstić information content (AvgIpc) is 2.86. The van der Waals surface area contributed by atoms with Gasteiger partial charge in [0, 0.05) is 11.1 Å². The summed E-state index contributed by atoms with van der Waals surface area (Å²) < 4.78 is 6.03. The molecule has 0 aliphatic heterocycles. The maximum Gasteiger partial charge on any atom is 0.259 e. The van der Waals surface area contributed by atoms with E-state index in [4.69, 9.17) is 10.5 Å². The summed E-state index contributed by atoms with van der Waals surface area (Å²) in [5.41, 5.74) is 8.56. The summed E-state index contributed by atoms with van der Waals surface area (Å²) in [6.07, 6.45) is 1.13. The Bertz CT molecular complexity index is 1380. The van der Waals surface area contributed by atoms with Crippen LogP contribution in [0, 0.1) is 11.3 Å². The summed E-state index contributed by atoms with van der Waals surface area (Å²) in [4.78, 5) is 12.9. The Hall–Kier alpha value is -3.99. The Labute approximate surface area is 219 Å². The molecule has 5 nitrogen and oxygen atoms in total. The van der Waals surface area contributed by atoms with Crippen LogP contribution < -0.4 is 15.8 Å². The van der Waals surface area contributed by atoms with E-state index in [-0.39, 0.29) is 22.4 Å². The first-order chi connectivity index (χ1) is 17.5. The van der Waals surface area contributed by atoms with Crippen LogP contribution in [0.3, 0.4) is 0 Å². The van der Waals surface area contributed by atoms with E-state index in [2.05, 4.69) is 52.1 Å². The summed E-state index contributed by atoms with van der Waals surface area (Å²) in [6, 6.07) is 24.5. The zero-order chi connectivity index (χ0) is 26.7. The number of carbonyl (C=O) groups excluding carboxylic acids is 1. The van der Waals surface area contributed by atoms with E-state index in [1.54, 1.807) is 30.3 Å². The normalized spacial score (nSPS) is 12.5. The summed E-state index contributed by atoms with van der Waals surface area (Å²) >= 11 is 0. The smallest absolute Gasteiger partial charge is 0.259 e. The van der Waals surface area contributed by atoms with Crippen LogP contribution in [0.5, 0.6) is 17.2 Å². The molecule has 1 unspecified atom stereocenters. The van der Waals surface area contributed by atoms with Crippen molar-refractivity contribution in [2.75, 3.05) is 11.1 Å². The minimum atomic E-state index is -0.436. The van der Waals surface area contributed by atoms with Crippen molar-refractivity contribution >= 4 is 28.1 Å². The molecule has 0 saturated carbocycles. The van der Waals surface area contributed by atoms with Crippen LogP contribution in [0.1, 0.15) is 62.9 Å². The number of hydrogen-bond acceptors (Lipinski definition) is 4. The summed E-state index contributed by atoms with van der Waals surface area (Å²) in [6.45, 7) is 11.4. The Morgan fingerprint density at radius 1 is 0.946 bits per heavy atom. The van der Waals surface area contributed by atoms with Crippen molar-refractivity contribution in [2.24, 2.45) is 11.3 Å². The minimum Gasteiger partial charge on any atom is -0.505 e. The third kappa shape index (κ3) is 6.23. The maximum absolute atomic E-state index is 12.9. The van der Waals surface area contributed by atoms with Gasteiger partial charge in [-0.1, -0.05) is 71.0 Å². The topological polar surface area (TPSA) is 84.6 Å². The van der Waals surface area contributed by atoms with Gasteiger partial charge in [-0.15, -0.1) is 0 Å². The number of fused-ring (bicyclic) bond motifs is 1. The van der Waals surface area contributed by atoms with Crippen LogP contribution in [0.25, 0.3) is 10.8 Å². The van der Waals surface area contributed by atoms with Gasteiger partial charge in [-0.3, -0.25) is 4.79 Å². The van der Waals surface area contributed by atoms with Gasteiger partial charge >= 0.3 is 0 Å². The molecule has 0 heterocycles. The van der Waals surface area contributed by atoms with E-state index < -0.39 is 5.91 Å². The standard InChI is InChI=1S/C32H36N2O3/c1-20(2)28(19-32(3,4)5)21-10-14-24(15-11-21)37-25-16-12-23(13-17-25)34-31(36)27-18-22-8-6-7-9-26(22)29(33)30(27)35/h6-18,20,28,35H,19,33H2,1-5H3,(H,34,36). The zero-order valence-electron chi connectivity index (χ0n) is 22.2. The fourth-order valence-corrected chi connectivity index (χ4v) is 4.66. The molecular weight excluding hydrogens is 460 g/mol. The molecule has 0 bridgehead atoms. The fourth-order valence-electron chi connectivity index (χ4n) is 4.66. The molecule has 0 aromatic heterocycles. The van der Waals surface area contributed by atoms with Gasteiger partial charge in [0.25, 0.3) is 5.91 Å². The second kappa shape index (κ2) is 10.6. The third-order valence-electron chi connectivity index (χ3n) is 6.60. The van der Waals surface area contributed by atoms with Gasteiger partial charge < -0.3 is 20.9 Å². The van der Waals surface area contributed by atoms with E-state index in [1.165, 1.54) is 5.56 Å². The lowest BCUT2D eigenvalue weighted by Crippen LogP contribution is -2.16. The first-order valence-corrected chi connectivity index (χ1v) is 12.7. The number of nitrogens with two attached hydrogens (primary N) is 1. The number of aromatic hydroxyl groups is 1. The highest BCUT2D eigenvalue weighted by Crippen LogP contribution is 2.37. The first-order valence-electron chi connectivity index (χ1n) is 12.7. The van der Waals surface area contributed by atoms with Crippen LogP contribution in [0.2, 0.25) is 0 Å². The number of phenols is 1. The number of rotatable bonds is 7. The summed E-state index contributed by atoms with van der Waals surface area (Å²) in [7, 11) is 0. The maximum atomic E-state index is 12.9. The lowest BCUT2D eigenvalue weighted by Gasteiger charge is -2.29. The van der Waals surface area contributed by atoms with Gasteiger partial charge in [-0.25, -0.2) is 0 Å². The van der Waals surface area contributed by atoms with E-state index in [9.17, 15) is 9.90 Å². The molecule has 37 heavy (non-hydrogen) atoms. The largest absolute Gasteiger partial charge is 0.505 e. The lowest BCUT2D eigenvalue weighted by atomic mass is 9.76. The molecule has 0 fully saturated rings. The van der Waals surface area contributed by atoms with Crippen molar-refractivity contribution < 1.29 is 14.6 Å². The average molecular weight is 497 g/mol. The predicted octanol–water partition coefficient (Wildman–Crippen LogP) is 8.35. The minimum absolute atomic E-state index is 0.128. The Kier molecular flexibility index (Phi) is 7.44. The highest BCUT2D eigenvalue weighted by molar-refractivity contribution is 6.11. The molecule has 0 saturated heterocycles. The molecule has 4 rings (SSSR count). The van der Waals surface area contributed by atoms with Crippen molar-refractivity contribution in [3.63, 3.8) is 0 Å². The molecule has 0 spiro atoms. The van der Waals surface area contributed by atoms with E-state index in [1.807, 2.05) is 36.4 Å². The van der Waals surface area contributed by atoms with E-state index in [0.717, 1.165) is 17.6 Å². The number of nitrogens with one attached hydrogen (secondary N) is 1. The SMILES string of the molecule is CC(C)C(CC(C)(C)C)c1ccc(Oc2ccc(NC(=O)c3cc4ccccc4c(N)c3O)cc2)cc1. The fraction of sp³-hybridized carbons (Fsp3) is 0.281. The number of hydrogen-bond donors (Lipinski definition) is 3. The Morgan fingerprint density at radius 3 is 2.14 bits per heavy atom. The quantitative estimate of drug-likeness (QED) is 0.177. The number of anilines is 2. The number of phenolic OH excluding ortho intramolecular Hbond substituents is 1.